The molecule has 1 aromatic rings. The van der Waals surface area contributed by atoms with Gasteiger partial charge in [-0.25, -0.2) is 4.79 Å². The standard InChI is InChI=1S/C20H29N3O4.N2/c1-13(2)17(23-19(25)27-20(4,5)6)18(24)22-14(3)12-26-16-9-7-15(11-21)8-10-16;1-2/h7-10,13-14,17H,12H2,1-6H3,(H,22,24)(H,23,25);/t14?,17-;/m0./s1. The van der Waals surface area contributed by atoms with E-state index < -0.39 is 17.7 Å². The summed E-state index contributed by atoms with van der Waals surface area (Å²) in [6, 6.07) is 7.80. The molecular formula is C20H29N5O4. The number of nitrogens with one attached hydrogen (secondary N) is 2. The van der Waals surface area contributed by atoms with E-state index in [9.17, 15) is 9.59 Å². The van der Waals surface area contributed by atoms with Crippen LogP contribution in [0.15, 0.2) is 24.3 Å². The third-order valence-corrected chi connectivity index (χ3v) is 3.49. The Bertz CT molecular complexity index is 717. The minimum atomic E-state index is -0.711. The molecule has 0 aliphatic carbocycles. The van der Waals surface area contributed by atoms with E-state index in [0.29, 0.717) is 11.3 Å². The number of rotatable bonds is 7. The zero-order valence-corrected chi connectivity index (χ0v) is 17.7. The number of nitriles is 1. The molecule has 29 heavy (non-hydrogen) atoms. The topological polar surface area (TPSA) is 148 Å². The molecule has 1 aromatic carbocycles. The fourth-order valence-electron chi connectivity index (χ4n) is 2.19. The van der Waals surface area contributed by atoms with Gasteiger partial charge >= 0.3 is 6.09 Å². The second kappa shape index (κ2) is 12.2. The van der Waals surface area contributed by atoms with E-state index in [1.165, 1.54) is 0 Å². The van der Waals surface area contributed by atoms with Crippen molar-refractivity contribution in [1.82, 2.24) is 10.6 Å². The van der Waals surface area contributed by atoms with E-state index in [4.69, 9.17) is 25.5 Å². The van der Waals surface area contributed by atoms with Crippen molar-refractivity contribution < 1.29 is 19.1 Å². The fraction of sp³-hybridized carbons (Fsp3) is 0.550. The Morgan fingerprint density at radius 3 is 2.07 bits per heavy atom. The summed E-state index contributed by atoms with van der Waals surface area (Å²) in [5.41, 5.74) is -0.0821. The van der Waals surface area contributed by atoms with Crippen molar-refractivity contribution in [2.75, 3.05) is 6.61 Å². The maximum absolute atomic E-state index is 12.5. The monoisotopic (exact) mass is 403 g/mol. The predicted molar refractivity (Wildman–Crippen MR) is 106 cm³/mol. The molecule has 0 spiro atoms. The summed E-state index contributed by atoms with van der Waals surface area (Å²) in [6.07, 6.45) is -0.627. The molecule has 158 valence electrons. The van der Waals surface area contributed by atoms with Crippen molar-refractivity contribution in [3.8, 4) is 11.8 Å². The highest BCUT2D eigenvalue weighted by molar-refractivity contribution is 5.86. The highest BCUT2D eigenvalue weighted by atomic mass is 16.6. The van der Waals surface area contributed by atoms with Crippen LogP contribution in [0.2, 0.25) is 0 Å². The van der Waals surface area contributed by atoms with Crippen molar-refractivity contribution in [3.63, 3.8) is 0 Å². The molecule has 0 fully saturated rings. The van der Waals surface area contributed by atoms with Crippen molar-refractivity contribution in [3.05, 3.63) is 29.8 Å². The van der Waals surface area contributed by atoms with Crippen molar-refractivity contribution in [1.29, 1.82) is 16.0 Å². The molecule has 0 heterocycles. The van der Waals surface area contributed by atoms with Gasteiger partial charge in [-0.2, -0.15) is 5.26 Å². The highest BCUT2D eigenvalue weighted by Crippen LogP contribution is 2.12. The van der Waals surface area contributed by atoms with Crippen LogP contribution in [-0.4, -0.2) is 36.3 Å². The molecule has 0 saturated carbocycles. The number of alkyl carbamates (subject to hydrolysis) is 1. The number of ether oxygens (including phenoxy) is 2. The third-order valence-electron chi connectivity index (χ3n) is 3.49. The van der Waals surface area contributed by atoms with Gasteiger partial charge < -0.3 is 20.1 Å². The molecule has 2 amide bonds. The van der Waals surface area contributed by atoms with Crippen LogP contribution in [0.3, 0.4) is 0 Å². The smallest absolute Gasteiger partial charge is 0.408 e. The van der Waals surface area contributed by atoms with E-state index in [1.54, 1.807) is 45.0 Å². The Hall–Kier alpha value is -3.33. The van der Waals surface area contributed by atoms with Crippen LogP contribution in [0.1, 0.15) is 47.1 Å². The van der Waals surface area contributed by atoms with E-state index in [1.807, 2.05) is 26.8 Å². The maximum atomic E-state index is 12.5. The maximum Gasteiger partial charge on any atom is 0.408 e. The van der Waals surface area contributed by atoms with Gasteiger partial charge in [0.25, 0.3) is 0 Å². The SMILES string of the molecule is CC(COc1ccc(C#N)cc1)NC(=O)[C@@H](NC(=O)OC(C)(C)C)C(C)C.N#N. The van der Waals surface area contributed by atoms with Gasteiger partial charge in [0.1, 0.15) is 24.0 Å². The predicted octanol–water partition coefficient (Wildman–Crippen LogP) is 3.02. The Balaban J connectivity index is 0.00000379. The molecule has 0 aliphatic heterocycles. The fourth-order valence-corrected chi connectivity index (χ4v) is 2.19. The number of carbonyl (C=O) groups excluding carboxylic acids is 2. The van der Waals surface area contributed by atoms with Gasteiger partial charge in [0.2, 0.25) is 5.91 Å². The molecule has 1 unspecified atom stereocenters. The van der Waals surface area contributed by atoms with Crippen molar-refractivity contribution in [2.45, 2.75) is 59.2 Å². The van der Waals surface area contributed by atoms with Crippen LogP contribution in [-0.2, 0) is 9.53 Å². The Morgan fingerprint density at radius 1 is 1.07 bits per heavy atom. The van der Waals surface area contributed by atoms with Gasteiger partial charge in [-0.3, -0.25) is 4.79 Å². The molecule has 0 radical (unpaired) electrons. The van der Waals surface area contributed by atoms with Gasteiger partial charge in [-0.15, -0.1) is 0 Å². The normalized spacial score (nSPS) is 12.4. The Labute approximate surface area is 171 Å². The van der Waals surface area contributed by atoms with Gasteiger partial charge in [-0.1, -0.05) is 13.8 Å². The summed E-state index contributed by atoms with van der Waals surface area (Å²) in [4.78, 5) is 24.5. The molecule has 0 aliphatic rings. The number of hydrogen-bond donors (Lipinski definition) is 2. The second-order valence-corrected chi connectivity index (χ2v) is 7.72. The zero-order chi connectivity index (χ0) is 22.6. The molecular weight excluding hydrogens is 374 g/mol. The quantitative estimate of drug-likeness (QED) is 0.665. The van der Waals surface area contributed by atoms with E-state index in [-0.39, 0.29) is 24.5 Å². The van der Waals surface area contributed by atoms with Gasteiger partial charge in [0.05, 0.1) is 17.7 Å². The number of benzene rings is 1. The first-order chi connectivity index (χ1) is 13.5. The Kier molecular flexibility index (Phi) is 10.8. The summed E-state index contributed by atoms with van der Waals surface area (Å²) in [5, 5.41) is 26.2. The average molecular weight is 403 g/mol. The second-order valence-electron chi connectivity index (χ2n) is 7.72. The first kappa shape index (κ1) is 25.7. The number of hydrogen-bond acceptors (Lipinski definition) is 7. The van der Waals surface area contributed by atoms with E-state index >= 15 is 0 Å². The van der Waals surface area contributed by atoms with Crippen molar-refractivity contribution >= 4 is 12.0 Å². The van der Waals surface area contributed by atoms with Gasteiger partial charge in [0.15, 0.2) is 0 Å². The van der Waals surface area contributed by atoms with Crippen LogP contribution in [0.25, 0.3) is 0 Å². The van der Waals surface area contributed by atoms with Crippen LogP contribution in [0, 0.1) is 28.0 Å². The molecule has 2 atom stereocenters. The number of nitrogens with zero attached hydrogens (tertiary/aromatic N) is 3. The molecule has 0 aromatic heterocycles. The van der Waals surface area contributed by atoms with E-state index in [2.05, 4.69) is 10.6 Å². The van der Waals surface area contributed by atoms with Crippen LogP contribution < -0.4 is 15.4 Å². The van der Waals surface area contributed by atoms with Crippen LogP contribution in [0.4, 0.5) is 4.79 Å². The Morgan fingerprint density at radius 2 is 1.62 bits per heavy atom. The summed E-state index contributed by atoms with van der Waals surface area (Å²) in [6.45, 7) is 11.1. The van der Waals surface area contributed by atoms with Gasteiger partial charge in [-0.05, 0) is 57.9 Å². The molecule has 2 N–H and O–H groups in total. The third kappa shape index (κ3) is 10.5. The summed E-state index contributed by atoms with van der Waals surface area (Å²) < 4.78 is 10.8. The minimum absolute atomic E-state index is 0.107. The summed E-state index contributed by atoms with van der Waals surface area (Å²) in [5.74, 6) is 0.207. The van der Waals surface area contributed by atoms with Crippen molar-refractivity contribution in [2.24, 2.45) is 5.92 Å². The highest BCUT2D eigenvalue weighted by Gasteiger charge is 2.27. The molecule has 0 saturated heterocycles. The molecule has 9 nitrogen and oxygen atoms in total. The van der Waals surface area contributed by atoms with Crippen LogP contribution >= 0.6 is 0 Å². The number of amides is 2. The molecule has 0 bridgehead atoms. The first-order valence-electron chi connectivity index (χ1n) is 9.14. The number of carbonyl (C=O) groups is 2. The molecule has 9 heteroatoms. The lowest BCUT2D eigenvalue weighted by molar-refractivity contribution is -0.125. The molecule has 1 rings (SSSR count). The largest absolute Gasteiger partial charge is 0.491 e. The lowest BCUT2D eigenvalue weighted by atomic mass is 10.0. The first-order valence-corrected chi connectivity index (χ1v) is 9.14. The lowest BCUT2D eigenvalue weighted by Crippen LogP contribution is -2.53. The van der Waals surface area contributed by atoms with E-state index in [0.717, 1.165) is 0 Å². The summed E-state index contributed by atoms with van der Waals surface area (Å²) >= 11 is 0. The van der Waals surface area contributed by atoms with Crippen LogP contribution in [0.5, 0.6) is 5.75 Å². The lowest BCUT2D eigenvalue weighted by Gasteiger charge is -2.26. The minimum Gasteiger partial charge on any atom is -0.491 e. The van der Waals surface area contributed by atoms with Gasteiger partial charge in [0, 0.05) is 10.8 Å². The summed E-state index contributed by atoms with van der Waals surface area (Å²) in [7, 11) is 0. The zero-order valence-electron chi connectivity index (χ0n) is 17.7. The average Bonchev–Trinajstić information content (AvgIpc) is 2.64.